The molecule has 1 unspecified atom stereocenters. The van der Waals surface area contributed by atoms with Gasteiger partial charge in [0.15, 0.2) is 0 Å². The zero-order valence-electron chi connectivity index (χ0n) is 12.5. The monoisotopic (exact) mass is 298 g/mol. The van der Waals surface area contributed by atoms with Crippen molar-refractivity contribution >= 4 is 11.6 Å². The molecular formula is C16H24ClFN2. The first kappa shape index (κ1) is 15.7. The summed E-state index contributed by atoms with van der Waals surface area (Å²) in [4.78, 5) is 2.32. The maximum Gasteiger partial charge on any atom is 0.127 e. The first-order valence-corrected chi connectivity index (χ1v) is 7.64. The smallest absolute Gasteiger partial charge is 0.127 e. The van der Waals surface area contributed by atoms with E-state index >= 15 is 0 Å². The van der Waals surface area contributed by atoms with Crippen molar-refractivity contribution in [3.05, 3.63) is 34.6 Å². The second-order valence-corrected chi connectivity index (χ2v) is 7.13. The summed E-state index contributed by atoms with van der Waals surface area (Å²) in [5.74, 6) is -0.168. The number of benzene rings is 1. The Morgan fingerprint density at radius 1 is 1.40 bits per heavy atom. The van der Waals surface area contributed by atoms with E-state index < -0.39 is 0 Å². The predicted octanol–water partition coefficient (Wildman–Crippen LogP) is 3.69. The zero-order valence-corrected chi connectivity index (χ0v) is 13.3. The van der Waals surface area contributed by atoms with Crippen LogP contribution in [0.15, 0.2) is 18.2 Å². The summed E-state index contributed by atoms with van der Waals surface area (Å²) < 4.78 is 13.9. The van der Waals surface area contributed by atoms with Gasteiger partial charge in [-0.3, -0.25) is 4.90 Å². The lowest BCUT2D eigenvalue weighted by atomic mass is 9.86. The van der Waals surface area contributed by atoms with Crippen LogP contribution >= 0.6 is 11.6 Å². The molecule has 1 atom stereocenters. The number of hydrogen-bond donors (Lipinski definition) is 1. The highest BCUT2D eigenvalue weighted by molar-refractivity contribution is 6.30. The van der Waals surface area contributed by atoms with Gasteiger partial charge in [0, 0.05) is 29.7 Å². The quantitative estimate of drug-likeness (QED) is 0.896. The van der Waals surface area contributed by atoms with Gasteiger partial charge in [-0.1, -0.05) is 32.4 Å². The SMILES string of the molecule is CC(C)(C)C1CN(Cc2cc(Cl)ccc2F)CCCN1. The minimum atomic E-state index is -0.168. The molecule has 112 valence electrons. The number of nitrogens with one attached hydrogen (secondary N) is 1. The molecule has 1 fully saturated rings. The van der Waals surface area contributed by atoms with Crippen LogP contribution in [0, 0.1) is 11.2 Å². The van der Waals surface area contributed by atoms with Crippen molar-refractivity contribution in [2.24, 2.45) is 5.41 Å². The summed E-state index contributed by atoms with van der Waals surface area (Å²) in [6.45, 7) is 10.3. The van der Waals surface area contributed by atoms with E-state index in [1.807, 2.05) is 0 Å². The van der Waals surface area contributed by atoms with E-state index in [0.717, 1.165) is 26.1 Å². The summed E-state index contributed by atoms with van der Waals surface area (Å²) in [7, 11) is 0. The maximum atomic E-state index is 13.9. The van der Waals surface area contributed by atoms with Gasteiger partial charge in [0.1, 0.15) is 5.82 Å². The van der Waals surface area contributed by atoms with Gasteiger partial charge in [-0.05, 0) is 43.1 Å². The topological polar surface area (TPSA) is 15.3 Å². The molecule has 20 heavy (non-hydrogen) atoms. The first-order chi connectivity index (χ1) is 9.36. The molecule has 0 radical (unpaired) electrons. The van der Waals surface area contributed by atoms with Crippen molar-refractivity contribution in [3.8, 4) is 0 Å². The van der Waals surface area contributed by atoms with Crippen LogP contribution in [-0.2, 0) is 6.54 Å². The molecule has 0 saturated carbocycles. The van der Waals surface area contributed by atoms with Crippen LogP contribution in [0.25, 0.3) is 0 Å². The second-order valence-electron chi connectivity index (χ2n) is 6.70. The average molecular weight is 299 g/mol. The summed E-state index contributed by atoms with van der Waals surface area (Å²) in [6.07, 6.45) is 1.09. The lowest BCUT2D eigenvalue weighted by molar-refractivity contribution is 0.191. The summed E-state index contributed by atoms with van der Waals surface area (Å²) in [6, 6.07) is 5.21. The molecule has 2 nitrogen and oxygen atoms in total. The number of nitrogens with zero attached hydrogens (tertiary/aromatic N) is 1. The van der Waals surface area contributed by atoms with Crippen LogP contribution in [0.5, 0.6) is 0 Å². The Bertz CT molecular complexity index is 456. The molecular weight excluding hydrogens is 275 g/mol. The van der Waals surface area contributed by atoms with E-state index in [2.05, 4.69) is 31.0 Å². The van der Waals surface area contributed by atoms with Crippen molar-refractivity contribution in [1.29, 1.82) is 0 Å². The Morgan fingerprint density at radius 2 is 2.15 bits per heavy atom. The van der Waals surface area contributed by atoms with Crippen LogP contribution in [0.2, 0.25) is 5.02 Å². The van der Waals surface area contributed by atoms with Crippen LogP contribution in [-0.4, -0.2) is 30.6 Å². The van der Waals surface area contributed by atoms with Gasteiger partial charge in [-0.15, -0.1) is 0 Å². The molecule has 1 aliphatic rings. The molecule has 0 aliphatic carbocycles. The van der Waals surface area contributed by atoms with Crippen molar-refractivity contribution in [2.75, 3.05) is 19.6 Å². The van der Waals surface area contributed by atoms with Crippen LogP contribution < -0.4 is 5.32 Å². The molecule has 1 aliphatic heterocycles. The maximum absolute atomic E-state index is 13.9. The lowest BCUT2D eigenvalue weighted by Gasteiger charge is -2.33. The van der Waals surface area contributed by atoms with Crippen LogP contribution in [0.4, 0.5) is 4.39 Å². The third-order valence-corrected chi connectivity index (χ3v) is 4.16. The van der Waals surface area contributed by atoms with E-state index in [1.165, 1.54) is 6.07 Å². The molecule has 1 aromatic rings. The highest BCUT2D eigenvalue weighted by Crippen LogP contribution is 2.23. The summed E-state index contributed by atoms with van der Waals surface area (Å²) in [5, 5.41) is 4.20. The Hall–Kier alpha value is -0.640. The van der Waals surface area contributed by atoms with E-state index in [0.29, 0.717) is 23.2 Å². The minimum absolute atomic E-state index is 0.168. The van der Waals surface area contributed by atoms with Crippen molar-refractivity contribution in [2.45, 2.75) is 39.8 Å². The second kappa shape index (κ2) is 6.42. The molecule has 4 heteroatoms. The number of rotatable bonds is 2. The Morgan fingerprint density at radius 3 is 2.85 bits per heavy atom. The van der Waals surface area contributed by atoms with Crippen LogP contribution in [0.3, 0.4) is 0 Å². The number of hydrogen-bond acceptors (Lipinski definition) is 2. The molecule has 0 amide bonds. The molecule has 2 rings (SSSR count). The molecule has 0 aromatic heterocycles. The van der Waals surface area contributed by atoms with E-state index in [4.69, 9.17) is 11.6 Å². The molecule has 1 heterocycles. The highest BCUT2D eigenvalue weighted by Gasteiger charge is 2.28. The van der Waals surface area contributed by atoms with Gasteiger partial charge >= 0.3 is 0 Å². The largest absolute Gasteiger partial charge is 0.312 e. The average Bonchev–Trinajstić information content (AvgIpc) is 2.59. The molecule has 1 aromatic carbocycles. The van der Waals surface area contributed by atoms with Gasteiger partial charge in [-0.25, -0.2) is 4.39 Å². The van der Waals surface area contributed by atoms with E-state index in [-0.39, 0.29) is 11.2 Å². The first-order valence-electron chi connectivity index (χ1n) is 7.26. The van der Waals surface area contributed by atoms with Gasteiger partial charge < -0.3 is 5.32 Å². The highest BCUT2D eigenvalue weighted by atomic mass is 35.5. The minimum Gasteiger partial charge on any atom is -0.312 e. The summed E-state index contributed by atoms with van der Waals surface area (Å²) >= 11 is 5.97. The van der Waals surface area contributed by atoms with E-state index in [1.54, 1.807) is 12.1 Å². The van der Waals surface area contributed by atoms with Crippen LogP contribution in [0.1, 0.15) is 32.8 Å². The fourth-order valence-corrected chi connectivity index (χ4v) is 2.82. The molecule has 0 bridgehead atoms. The zero-order chi connectivity index (χ0) is 14.8. The van der Waals surface area contributed by atoms with Gasteiger partial charge in [0.2, 0.25) is 0 Å². The normalized spacial score (nSPS) is 21.8. The predicted molar refractivity (Wildman–Crippen MR) is 82.5 cm³/mol. The Balaban J connectivity index is 2.09. The fraction of sp³-hybridized carbons (Fsp3) is 0.625. The van der Waals surface area contributed by atoms with Crippen molar-refractivity contribution in [3.63, 3.8) is 0 Å². The molecule has 1 N–H and O–H groups in total. The number of halogens is 2. The third-order valence-electron chi connectivity index (χ3n) is 3.93. The molecule has 1 saturated heterocycles. The van der Waals surface area contributed by atoms with E-state index in [9.17, 15) is 4.39 Å². The van der Waals surface area contributed by atoms with Crippen molar-refractivity contribution < 1.29 is 4.39 Å². The fourth-order valence-electron chi connectivity index (χ4n) is 2.62. The third kappa shape index (κ3) is 4.18. The lowest BCUT2D eigenvalue weighted by Crippen LogP contribution is -2.46. The summed E-state index contributed by atoms with van der Waals surface area (Å²) in [5.41, 5.74) is 0.891. The van der Waals surface area contributed by atoms with Gasteiger partial charge in [0.05, 0.1) is 0 Å². The Labute approximate surface area is 126 Å². The van der Waals surface area contributed by atoms with Gasteiger partial charge in [0.25, 0.3) is 0 Å². The molecule has 0 spiro atoms. The van der Waals surface area contributed by atoms with Gasteiger partial charge in [-0.2, -0.15) is 0 Å². The van der Waals surface area contributed by atoms with Crippen molar-refractivity contribution in [1.82, 2.24) is 10.2 Å². The standard InChI is InChI=1S/C16H24ClFN2/c1-16(2,3)15-11-20(8-4-7-19-15)10-12-9-13(17)5-6-14(12)18/h5-6,9,15,19H,4,7-8,10-11H2,1-3H3. The Kier molecular flexibility index (Phi) is 5.05.